The summed E-state index contributed by atoms with van der Waals surface area (Å²) in [6.07, 6.45) is 1.33. The number of nitrogens with zero attached hydrogens (tertiary/aromatic N) is 2. The lowest BCUT2D eigenvalue weighted by molar-refractivity contribution is -0.0372. The van der Waals surface area contributed by atoms with Gasteiger partial charge in [0.25, 0.3) is 10.0 Å². The van der Waals surface area contributed by atoms with Crippen LogP contribution in [0.25, 0.3) is 10.6 Å². The standard InChI is InChI=1S/C14H16N2O4S2/c1-10-4-3-5-11(6-10)13-15-7-12(21-13)22(18,19)16-8-14(2,17)9-20-16/h3-7,17H,8-9H2,1-2H3. The first-order valence-corrected chi connectivity index (χ1v) is 8.94. The lowest BCUT2D eigenvalue weighted by atomic mass is 10.1. The quantitative estimate of drug-likeness (QED) is 0.922. The Hall–Kier alpha value is -1.32. The van der Waals surface area contributed by atoms with Crippen LogP contribution in [0.15, 0.2) is 34.7 Å². The van der Waals surface area contributed by atoms with Crippen molar-refractivity contribution in [1.29, 1.82) is 0 Å². The first-order chi connectivity index (χ1) is 10.3. The molecule has 1 aliphatic rings. The number of aromatic nitrogens is 1. The topological polar surface area (TPSA) is 79.7 Å². The summed E-state index contributed by atoms with van der Waals surface area (Å²) in [6.45, 7) is 3.37. The van der Waals surface area contributed by atoms with E-state index in [1.54, 1.807) is 0 Å². The van der Waals surface area contributed by atoms with Crippen LogP contribution in [0.4, 0.5) is 0 Å². The summed E-state index contributed by atoms with van der Waals surface area (Å²) in [7, 11) is -3.80. The number of hydroxylamine groups is 1. The van der Waals surface area contributed by atoms with E-state index < -0.39 is 15.6 Å². The number of rotatable bonds is 3. The van der Waals surface area contributed by atoms with E-state index in [0.717, 1.165) is 26.9 Å². The third-order valence-corrected chi connectivity index (χ3v) is 6.37. The van der Waals surface area contributed by atoms with E-state index in [4.69, 9.17) is 4.84 Å². The van der Waals surface area contributed by atoms with Crippen molar-refractivity contribution in [3.63, 3.8) is 0 Å². The first kappa shape index (κ1) is 15.6. The first-order valence-electron chi connectivity index (χ1n) is 6.69. The molecule has 1 unspecified atom stereocenters. The number of benzene rings is 1. The van der Waals surface area contributed by atoms with Gasteiger partial charge in [-0.1, -0.05) is 28.2 Å². The molecule has 1 aliphatic heterocycles. The highest BCUT2D eigenvalue weighted by molar-refractivity contribution is 7.91. The van der Waals surface area contributed by atoms with E-state index in [9.17, 15) is 13.5 Å². The second kappa shape index (κ2) is 5.39. The number of aryl methyl sites for hydroxylation is 1. The van der Waals surface area contributed by atoms with Crippen molar-refractivity contribution in [1.82, 2.24) is 9.45 Å². The van der Waals surface area contributed by atoms with Crippen LogP contribution in [0.3, 0.4) is 0 Å². The minimum Gasteiger partial charge on any atom is -0.386 e. The fourth-order valence-electron chi connectivity index (χ4n) is 2.13. The van der Waals surface area contributed by atoms with Crippen molar-refractivity contribution in [3.05, 3.63) is 36.0 Å². The Morgan fingerprint density at radius 2 is 2.23 bits per heavy atom. The number of hydrogen-bond donors (Lipinski definition) is 1. The van der Waals surface area contributed by atoms with Crippen LogP contribution < -0.4 is 0 Å². The van der Waals surface area contributed by atoms with Crippen molar-refractivity contribution >= 4 is 21.4 Å². The van der Waals surface area contributed by atoms with Crippen molar-refractivity contribution in [2.45, 2.75) is 23.7 Å². The Kier molecular flexibility index (Phi) is 3.82. The Bertz CT molecular complexity index is 799. The molecule has 1 N–H and O–H groups in total. The van der Waals surface area contributed by atoms with Gasteiger partial charge < -0.3 is 5.11 Å². The molecule has 1 saturated heterocycles. The zero-order valence-corrected chi connectivity index (χ0v) is 13.8. The molecule has 2 heterocycles. The molecule has 1 fully saturated rings. The molecule has 2 aromatic rings. The largest absolute Gasteiger partial charge is 0.386 e. The average Bonchev–Trinajstić information content (AvgIpc) is 3.05. The fourth-order valence-corrected chi connectivity index (χ4v) is 4.71. The highest BCUT2D eigenvalue weighted by Crippen LogP contribution is 2.32. The second-order valence-corrected chi connectivity index (χ2v) is 8.68. The van der Waals surface area contributed by atoms with Gasteiger partial charge in [0.2, 0.25) is 0 Å². The molecule has 6 nitrogen and oxygen atoms in total. The maximum absolute atomic E-state index is 12.5. The molecule has 3 rings (SSSR count). The number of aliphatic hydroxyl groups is 1. The van der Waals surface area contributed by atoms with Gasteiger partial charge >= 0.3 is 0 Å². The van der Waals surface area contributed by atoms with E-state index >= 15 is 0 Å². The molecule has 118 valence electrons. The minimum atomic E-state index is -3.80. The zero-order valence-electron chi connectivity index (χ0n) is 12.2. The molecule has 8 heteroatoms. The molecule has 22 heavy (non-hydrogen) atoms. The predicted molar refractivity (Wildman–Crippen MR) is 82.8 cm³/mol. The molecule has 0 aliphatic carbocycles. The highest BCUT2D eigenvalue weighted by atomic mass is 32.2. The smallest absolute Gasteiger partial charge is 0.276 e. The van der Waals surface area contributed by atoms with Crippen LogP contribution in [0, 0.1) is 6.92 Å². The summed E-state index contributed by atoms with van der Waals surface area (Å²) >= 11 is 1.09. The summed E-state index contributed by atoms with van der Waals surface area (Å²) in [5, 5.41) is 10.5. The van der Waals surface area contributed by atoms with E-state index in [0.29, 0.717) is 5.01 Å². The SMILES string of the molecule is Cc1cccc(-c2ncc(S(=O)(=O)N3CC(C)(O)CO3)s2)c1. The van der Waals surface area contributed by atoms with Crippen LogP contribution in [0.2, 0.25) is 0 Å². The van der Waals surface area contributed by atoms with Gasteiger partial charge in [-0.05, 0) is 19.9 Å². The lowest BCUT2D eigenvalue weighted by Gasteiger charge is -2.14. The van der Waals surface area contributed by atoms with Crippen molar-refractivity contribution < 1.29 is 18.4 Å². The molecular formula is C14H16N2O4S2. The molecule has 0 radical (unpaired) electrons. The van der Waals surface area contributed by atoms with Gasteiger partial charge in [0.1, 0.15) is 10.6 Å². The molecule has 0 spiro atoms. The van der Waals surface area contributed by atoms with Gasteiger partial charge in [-0.3, -0.25) is 4.84 Å². The zero-order chi connectivity index (χ0) is 16.0. The highest BCUT2D eigenvalue weighted by Gasteiger charge is 2.41. The van der Waals surface area contributed by atoms with Gasteiger partial charge in [-0.2, -0.15) is 0 Å². The molecule has 0 amide bonds. The summed E-state index contributed by atoms with van der Waals surface area (Å²) in [4.78, 5) is 9.29. The summed E-state index contributed by atoms with van der Waals surface area (Å²) < 4.78 is 25.9. The average molecular weight is 340 g/mol. The van der Waals surface area contributed by atoms with E-state index in [1.807, 2.05) is 31.2 Å². The molecule has 1 aromatic heterocycles. The maximum Gasteiger partial charge on any atom is 0.276 e. The normalized spacial score (nSPS) is 23.0. The van der Waals surface area contributed by atoms with Crippen LogP contribution in [-0.2, 0) is 14.9 Å². The number of thiazole rings is 1. The summed E-state index contributed by atoms with van der Waals surface area (Å²) in [5.41, 5.74) is 0.786. The van der Waals surface area contributed by atoms with Crippen LogP contribution in [0.5, 0.6) is 0 Å². The van der Waals surface area contributed by atoms with Crippen LogP contribution in [-0.4, -0.2) is 41.7 Å². The van der Waals surface area contributed by atoms with Crippen molar-refractivity contribution in [2.75, 3.05) is 13.2 Å². The summed E-state index contributed by atoms with van der Waals surface area (Å²) in [5.74, 6) is 0. The predicted octanol–water partition coefficient (Wildman–Crippen LogP) is 1.81. The third-order valence-electron chi connectivity index (χ3n) is 3.26. The molecular weight excluding hydrogens is 324 g/mol. The Labute approximate surface area is 133 Å². The Balaban J connectivity index is 1.90. The summed E-state index contributed by atoms with van der Waals surface area (Å²) in [6, 6.07) is 7.71. The molecule has 0 saturated carbocycles. The minimum absolute atomic E-state index is 0.0459. The van der Waals surface area contributed by atoms with Gasteiger partial charge in [-0.15, -0.1) is 11.3 Å². The number of hydrogen-bond acceptors (Lipinski definition) is 6. The molecule has 0 bridgehead atoms. The lowest BCUT2D eigenvalue weighted by Crippen LogP contribution is -2.34. The molecule has 1 atom stereocenters. The van der Waals surface area contributed by atoms with Gasteiger partial charge in [0.05, 0.1) is 19.3 Å². The third kappa shape index (κ3) is 2.92. The van der Waals surface area contributed by atoms with Crippen molar-refractivity contribution in [2.24, 2.45) is 0 Å². The number of β-amino-alcohol motifs (C(OH)–C–C–N with tert-alkyl or cyclic N) is 1. The van der Waals surface area contributed by atoms with E-state index in [2.05, 4.69) is 4.98 Å². The van der Waals surface area contributed by atoms with Crippen LogP contribution in [0.1, 0.15) is 12.5 Å². The van der Waals surface area contributed by atoms with Gasteiger partial charge in [-0.25, -0.2) is 13.4 Å². The second-order valence-electron chi connectivity index (χ2n) is 5.59. The molecule has 1 aromatic carbocycles. The van der Waals surface area contributed by atoms with Crippen molar-refractivity contribution in [3.8, 4) is 10.6 Å². The van der Waals surface area contributed by atoms with Crippen LogP contribution >= 0.6 is 11.3 Å². The number of sulfonamides is 1. The van der Waals surface area contributed by atoms with Gasteiger partial charge in [0.15, 0.2) is 4.21 Å². The Morgan fingerprint density at radius 1 is 1.45 bits per heavy atom. The monoisotopic (exact) mass is 340 g/mol. The fraction of sp³-hybridized carbons (Fsp3) is 0.357. The van der Waals surface area contributed by atoms with Gasteiger partial charge in [0, 0.05) is 5.56 Å². The van der Waals surface area contributed by atoms with E-state index in [-0.39, 0.29) is 17.4 Å². The van der Waals surface area contributed by atoms with E-state index in [1.165, 1.54) is 13.1 Å². The maximum atomic E-state index is 12.5. The Morgan fingerprint density at radius 3 is 2.86 bits per heavy atom.